The standard InChI is InChI=1S/C18H24N4O2/c1-11(2)8-16-20-17(24-21-16)10-22-12(3)9-14(18(19)23)13-6-4-5-7-15(13)22/h4-7,11-12,14H,8-10H2,1-3H3,(H2,19,23)/t12-,14+/m1/s1. The van der Waals surface area contributed by atoms with Crippen molar-refractivity contribution < 1.29 is 9.32 Å². The lowest BCUT2D eigenvalue weighted by atomic mass is 9.85. The molecule has 2 atom stereocenters. The molecule has 2 aromatic rings. The smallest absolute Gasteiger partial charge is 0.246 e. The molecule has 128 valence electrons. The van der Waals surface area contributed by atoms with Gasteiger partial charge in [0.25, 0.3) is 0 Å². The first-order chi connectivity index (χ1) is 11.5. The van der Waals surface area contributed by atoms with E-state index in [9.17, 15) is 4.79 Å². The van der Waals surface area contributed by atoms with Gasteiger partial charge in [0.05, 0.1) is 12.5 Å². The van der Waals surface area contributed by atoms with E-state index in [0.717, 1.165) is 23.5 Å². The summed E-state index contributed by atoms with van der Waals surface area (Å²) >= 11 is 0. The van der Waals surface area contributed by atoms with Gasteiger partial charge >= 0.3 is 0 Å². The minimum atomic E-state index is -0.272. The zero-order valence-corrected chi connectivity index (χ0v) is 14.4. The molecule has 24 heavy (non-hydrogen) atoms. The zero-order valence-electron chi connectivity index (χ0n) is 14.4. The van der Waals surface area contributed by atoms with Gasteiger partial charge < -0.3 is 15.2 Å². The van der Waals surface area contributed by atoms with Gasteiger partial charge in [-0.1, -0.05) is 37.2 Å². The molecule has 1 aromatic carbocycles. The summed E-state index contributed by atoms with van der Waals surface area (Å²) in [5.74, 6) is 1.32. The van der Waals surface area contributed by atoms with E-state index in [1.54, 1.807) is 0 Å². The lowest BCUT2D eigenvalue weighted by Gasteiger charge is -2.39. The number of rotatable bonds is 5. The number of para-hydroxylation sites is 1. The Bertz CT molecular complexity index is 725. The molecule has 6 nitrogen and oxygen atoms in total. The molecule has 1 aliphatic rings. The Morgan fingerprint density at radius 1 is 1.42 bits per heavy atom. The van der Waals surface area contributed by atoms with Gasteiger partial charge in [-0.15, -0.1) is 0 Å². The second-order valence-corrected chi connectivity index (χ2v) is 6.93. The molecular formula is C18H24N4O2. The normalized spacial score (nSPS) is 20.2. The highest BCUT2D eigenvalue weighted by atomic mass is 16.5. The van der Waals surface area contributed by atoms with Crippen LogP contribution in [0.5, 0.6) is 0 Å². The Morgan fingerprint density at radius 3 is 2.88 bits per heavy atom. The van der Waals surface area contributed by atoms with E-state index in [4.69, 9.17) is 10.3 Å². The zero-order chi connectivity index (χ0) is 17.3. The molecule has 0 radical (unpaired) electrons. The molecule has 0 aliphatic carbocycles. The summed E-state index contributed by atoms with van der Waals surface area (Å²) in [5, 5.41) is 4.06. The topological polar surface area (TPSA) is 85.3 Å². The Hall–Kier alpha value is -2.37. The van der Waals surface area contributed by atoms with Crippen LogP contribution in [0.25, 0.3) is 0 Å². The predicted molar refractivity (Wildman–Crippen MR) is 91.5 cm³/mol. The first-order valence-electron chi connectivity index (χ1n) is 8.42. The van der Waals surface area contributed by atoms with E-state index in [-0.39, 0.29) is 17.9 Å². The highest BCUT2D eigenvalue weighted by Crippen LogP contribution is 2.38. The van der Waals surface area contributed by atoms with Gasteiger partial charge in [-0.05, 0) is 30.9 Å². The van der Waals surface area contributed by atoms with Crippen LogP contribution in [0.4, 0.5) is 5.69 Å². The second kappa shape index (κ2) is 6.63. The molecule has 0 spiro atoms. The van der Waals surface area contributed by atoms with Crippen molar-refractivity contribution >= 4 is 11.6 Å². The van der Waals surface area contributed by atoms with E-state index in [1.807, 2.05) is 24.3 Å². The molecule has 1 amide bonds. The molecular weight excluding hydrogens is 304 g/mol. The fourth-order valence-corrected chi connectivity index (χ4v) is 3.34. The van der Waals surface area contributed by atoms with Crippen LogP contribution in [0, 0.1) is 5.92 Å². The van der Waals surface area contributed by atoms with E-state index in [2.05, 4.69) is 35.8 Å². The molecule has 2 heterocycles. The second-order valence-electron chi connectivity index (χ2n) is 6.93. The van der Waals surface area contributed by atoms with Gasteiger partial charge in [0.1, 0.15) is 0 Å². The molecule has 1 aromatic heterocycles. The maximum Gasteiger partial charge on any atom is 0.246 e. The first-order valence-corrected chi connectivity index (χ1v) is 8.42. The van der Waals surface area contributed by atoms with E-state index in [0.29, 0.717) is 24.8 Å². The molecule has 2 N–H and O–H groups in total. The predicted octanol–water partition coefficient (Wildman–Crippen LogP) is 2.64. The van der Waals surface area contributed by atoms with Crippen LogP contribution < -0.4 is 10.6 Å². The molecule has 3 rings (SSSR count). The molecule has 0 saturated carbocycles. The third kappa shape index (κ3) is 3.27. The number of fused-ring (bicyclic) bond motifs is 1. The highest BCUT2D eigenvalue weighted by Gasteiger charge is 2.33. The number of carbonyl (C=O) groups excluding carboxylic acids is 1. The van der Waals surface area contributed by atoms with Crippen molar-refractivity contribution in [1.82, 2.24) is 10.1 Å². The van der Waals surface area contributed by atoms with Crippen molar-refractivity contribution in [2.24, 2.45) is 11.7 Å². The summed E-state index contributed by atoms with van der Waals surface area (Å²) in [7, 11) is 0. The van der Waals surface area contributed by atoms with Crippen LogP contribution in [0.3, 0.4) is 0 Å². The summed E-state index contributed by atoms with van der Waals surface area (Å²) in [4.78, 5) is 18.5. The molecule has 0 unspecified atom stereocenters. The SMILES string of the molecule is CC(C)Cc1noc(CN2c3ccccc3[C@@H](C(N)=O)C[C@H]2C)n1. The van der Waals surface area contributed by atoms with Crippen molar-refractivity contribution in [2.45, 2.75) is 52.1 Å². The van der Waals surface area contributed by atoms with Gasteiger partial charge in [0.15, 0.2) is 5.82 Å². The molecule has 0 saturated heterocycles. The Kier molecular flexibility index (Phi) is 4.55. The fraction of sp³-hybridized carbons (Fsp3) is 0.500. The van der Waals surface area contributed by atoms with Gasteiger partial charge in [-0.3, -0.25) is 4.79 Å². The maximum absolute atomic E-state index is 11.8. The van der Waals surface area contributed by atoms with E-state index >= 15 is 0 Å². The van der Waals surface area contributed by atoms with Crippen LogP contribution in [0.1, 0.15) is 50.4 Å². The largest absolute Gasteiger partial charge is 0.369 e. The number of carbonyl (C=O) groups is 1. The summed E-state index contributed by atoms with van der Waals surface area (Å²) in [5.41, 5.74) is 7.59. The summed E-state index contributed by atoms with van der Waals surface area (Å²) in [6, 6.07) is 8.07. The number of amides is 1. The number of hydrogen-bond acceptors (Lipinski definition) is 5. The Balaban J connectivity index is 1.86. The number of nitrogens with zero attached hydrogens (tertiary/aromatic N) is 3. The van der Waals surface area contributed by atoms with Gasteiger partial charge in [0.2, 0.25) is 11.8 Å². The molecule has 0 fully saturated rings. The van der Waals surface area contributed by atoms with Crippen molar-refractivity contribution in [3.05, 3.63) is 41.5 Å². The van der Waals surface area contributed by atoms with Crippen LogP contribution in [-0.2, 0) is 17.8 Å². The third-order valence-electron chi connectivity index (χ3n) is 4.48. The minimum absolute atomic E-state index is 0.165. The average molecular weight is 328 g/mol. The first kappa shape index (κ1) is 16.5. The van der Waals surface area contributed by atoms with Crippen LogP contribution in [-0.4, -0.2) is 22.1 Å². The van der Waals surface area contributed by atoms with Crippen molar-refractivity contribution in [2.75, 3.05) is 4.90 Å². The summed E-state index contributed by atoms with van der Waals surface area (Å²) < 4.78 is 5.41. The van der Waals surface area contributed by atoms with Crippen molar-refractivity contribution in [3.8, 4) is 0 Å². The summed E-state index contributed by atoms with van der Waals surface area (Å²) in [6.45, 7) is 6.89. The third-order valence-corrected chi connectivity index (χ3v) is 4.48. The average Bonchev–Trinajstić information content (AvgIpc) is 2.96. The quantitative estimate of drug-likeness (QED) is 0.912. The van der Waals surface area contributed by atoms with E-state index in [1.165, 1.54) is 0 Å². The molecule has 6 heteroatoms. The lowest BCUT2D eigenvalue weighted by Crippen LogP contribution is -2.41. The molecule has 1 aliphatic heterocycles. The number of hydrogen-bond donors (Lipinski definition) is 1. The lowest BCUT2D eigenvalue weighted by molar-refractivity contribution is -0.119. The van der Waals surface area contributed by atoms with Crippen LogP contribution in [0.2, 0.25) is 0 Å². The maximum atomic E-state index is 11.8. The van der Waals surface area contributed by atoms with Gasteiger partial charge in [-0.25, -0.2) is 0 Å². The number of primary amides is 1. The minimum Gasteiger partial charge on any atom is -0.369 e. The number of nitrogens with two attached hydrogens (primary N) is 1. The van der Waals surface area contributed by atoms with Crippen molar-refractivity contribution in [3.63, 3.8) is 0 Å². The Morgan fingerprint density at radius 2 is 2.17 bits per heavy atom. The molecule has 0 bridgehead atoms. The van der Waals surface area contributed by atoms with E-state index < -0.39 is 0 Å². The number of benzene rings is 1. The fourth-order valence-electron chi connectivity index (χ4n) is 3.34. The monoisotopic (exact) mass is 328 g/mol. The van der Waals surface area contributed by atoms with Crippen molar-refractivity contribution in [1.29, 1.82) is 0 Å². The summed E-state index contributed by atoms with van der Waals surface area (Å²) in [6.07, 6.45) is 1.50. The van der Waals surface area contributed by atoms with Crippen LogP contribution in [0.15, 0.2) is 28.8 Å². The van der Waals surface area contributed by atoms with Gasteiger partial charge in [0, 0.05) is 18.2 Å². The number of anilines is 1. The van der Waals surface area contributed by atoms with Gasteiger partial charge in [-0.2, -0.15) is 4.98 Å². The highest BCUT2D eigenvalue weighted by molar-refractivity contribution is 5.85. The van der Waals surface area contributed by atoms with Crippen LogP contribution >= 0.6 is 0 Å². The Labute approximate surface area is 142 Å². The number of aromatic nitrogens is 2.